The summed E-state index contributed by atoms with van der Waals surface area (Å²) < 4.78 is 0.894. The lowest BCUT2D eigenvalue weighted by atomic mass is 9.95. The summed E-state index contributed by atoms with van der Waals surface area (Å²) in [4.78, 5) is 35.9. The van der Waals surface area contributed by atoms with Crippen molar-refractivity contribution in [1.82, 2.24) is 15.1 Å². The Labute approximate surface area is 138 Å². The van der Waals surface area contributed by atoms with Crippen molar-refractivity contribution < 1.29 is 14.7 Å². The summed E-state index contributed by atoms with van der Waals surface area (Å²) in [5, 5.41) is 18.4. The van der Waals surface area contributed by atoms with Crippen LogP contribution in [0, 0.1) is 0 Å². The van der Waals surface area contributed by atoms with Gasteiger partial charge in [-0.1, -0.05) is 37.5 Å². The van der Waals surface area contributed by atoms with Crippen LogP contribution < -0.4 is 16.0 Å². The van der Waals surface area contributed by atoms with Gasteiger partial charge < -0.3 is 15.2 Å². The summed E-state index contributed by atoms with van der Waals surface area (Å²) in [7, 11) is 0. The van der Waals surface area contributed by atoms with E-state index in [4.69, 9.17) is 0 Å². The van der Waals surface area contributed by atoms with Gasteiger partial charge in [0, 0.05) is 11.4 Å². The number of benzene rings is 1. The van der Waals surface area contributed by atoms with E-state index in [0.29, 0.717) is 0 Å². The molecule has 0 spiro atoms. The molecule has 1 aliphatic rings. The predicted octanol–water partition coefficient (Wildman–Crippen LogP) is 0.209. The number of carbonyl (C=O) groups excluding carboxylic acids is 2. The van der Waals surface area contributed by atoms with Gasteiger partial charge in [0.25, 0.3) is 5.56 Å². The highest BCUT2D eigenvalue weighted by Crippen LogP contribution is 2.17. The van der Waals surface area contributed by atoms with Gasteiger partial charge in [-0.25, -0.2) is 4.68 Å². The fourth-order valence-electron chi connectivity index (χ4n) is 3.15. The fourth-order valence-corrected chi connectivity index (χ4v) is 3.15. The SMILES string of the molecule is O=C(Cn1nc(C(=O)[O-])c2ccccc2c1=O)NC1CCCCC1. The van der Waals surface area contributed by atoms with Gasteiger partial charge in [0.2, 0.25) is 5.91 Å². The van der Waals surface area contributed by atoms with E-state index in [2.05, 4.69) is 10.4 Å². The number of nitrogens with zero attached hydrogens (tertiary/aromatic N) is 2. The Bertz CT molecular complexity index is 837. The first-order chi connectivity index (χ1) is 11.6. The number of carboxylic acids is 1. The zero-order chi connectivity index (χ0) is 17.1. The number of hydrogen-bond acceptors (Lipinski definition) is 5. The van der Waals surface area contributed by atoms with Gasteiger partial charge in [-0.15, -0.1) is 0 Å². The zero-order valence-electron chi connectivity index (χ0n) is 13.2. The molecule has 0 radical (unpaired) electrons. The monoisotopic (exact) mass is 328 g/mol. The van der Waals surface area contributed by atoms with Gasteiger partial charge in [0.1, 0.15) is 12.2 Å². The van der Waals surface area contributed by atoms with Crippen LogP contribution in [-0.2, 0) is 11.3 Å². The number of aromatic nitrogens is 2. The Kier molecular flexibility index (Phi) is 4.59. The van der Waals surface area contributed by atoms with E-state index in [-0.39, 0.29) is 35.0 Å². The molecule has 7 nitrogen and oxygen atoms in total. The molecule has 1 N–H and O–H groups in total. The maximum atomic E-state index is 12.4. The summed E-state index contributed by atoms with van der Waals surface area (Å²) in [6.45, 7) is -0.305. The molecule has 1 aromatic heterocycles. The van der Waals surface area contributed by atoms with Crippen LogP contribution in [0.15, 0.2) is 29.1 Å². The van der Waals surface area contributed by atoms with E-state index in [1.807, 2.05) is 0 Å². The van der Waals surface area contributed by atoms with Crippen LogP contribution in [0.2, 0.25) is 0 Å². The van der Waals surface area contributed by atoms with Crippen LogP contribution in [0.1, 0.15) is 42.6 Å². The maximum absolute atomic E-state index is 12.4. The van der Waals surface area contributed by atoms with Gasteiger partial charge in [-0.05, 0) is 18.9 Å². The van der Waals surface area contributed by atoms with Crippen molar-refractivity contribution in [1.29, 1.82) is 0 Å². The molecule has 0 unspecified atom stereocenters. The molecular formula is C17H18N3O4-. The Morgan fingerprint density at radius 3 is 2.50 bits per heavy atom. The highest BCUT2D eigenvalue weighted by atomic mass is 16.4. The molecule has 0 aliphatic heterocycles. The van der Waals surface area contributed by atoms with E-state index < -0.39 is 11.5 Å². The molecule has 0 atom stereocenters. The van der Waals surface area contributed by atoms with Crippen molar-refractivity contribution in [3.8, 4) is 0 Å². The van der Waals surface area contributed by atoms with Crippen molar-refractivity contribution in [2.45, 2.75) is 44.7 Å². The third-order valence-electron chi connectivity index (χ3n) is 4.32. The lowest BCUT2D eigenvalue weighted by Gasteiger charge is -2.22. The van der Waals surface area contributed by atoms with E-state index in [1.165, 1.54) is 18.6 Å². The van der Waals surface area contributed by atoms with Gasteiger partial charge in [-0.2, -0.15) is 5.10 Å². The first-order valence-corrected chi connectivity index (χ1v) is 8.07. The summed E-state index contributed by atoms with van der Waals surface area (Å²) >= 11 is 0. The summed E-state index contributed by atoms with van der Waals surface area (Å²) in [6, 6.07) is 6.39. The maximum Gasteiger partial charge on any atom is 0.275 e. The Morgan fingerprint density at radius 1 is 1.17 bits per heavy atom. The smallest absolute Gasteiger partial charge is 0.275 e. The second-order valence-corrected chi connectivity index (χ2v) is 6.05. The molecule has 1 aliphatic carbocycles. The molecule has 0 bridgehead atoms. The fraction of sp³-hybridized carbons (Fsp3) is 0.412. The van der Waals surface area contributed by atoms with E-state index in [0.717, 1.165) is 30.4 Å². The molecule has 1 aromatic carbocycles. The van der Waals surface area contributed by atoms with Crippen LogP contribution in [0.4, 0.5) is 0 Å². The number of rotatable bonds is 4. The summed E-state index contributed by atoms with van der Waals surface area (Å²) in [5.41, 5.74) is -0.829. The summed E-state index contributed by atoms with van der Waals surface area (Å²) in [5.74, 6) is -1.82. The number of nitrogens with one attached hydrogen (secondary N) is 1. The standard InChI is InChI=1S/C17H19N3O4/c21-14(18-11-6-2-1-3-7-11)10-20-16(22)13-9-5-4-8-12(13)15(19-20)17(23)24/h4-5,8-9,11H,1-3,6-7,10H2,(H,18,21)(H,23,24)/p-1. The van der Waals surface area contributed by atoms with Crippen molar-refractivity contribution in [2.75, 3.05) is 0 Å². The average Bonchev–Trinajstić information content (AvgIpc) is 2.58. The lowest BCUT2D eigenvalue weighted by Crippen LogP contribution is -2.41. The molecule has 24 heavy (non-hydrogen) atoms. The number of aromatic carboxylic acids is 1. The average molecular weight is 328 g/mol. The topological polar surface area (TPSA) is 104 Å². The minimum Gasteiger partial charge on any atom is -0.543 e. The van der Waals surface area contributed by atoms with E-state index >= 15 is 0 Å². The Balaban J connectivity index is 1.88. The Morgan fingerprint density at radius 2 is 1.83 bits per heavy atom. The number of amides is 1. The molecular weight excluding hydrogens is 310 g/mol. The van der Waals surface area contributed by atoms with Crippen LogP contribution in [0.3, 0.4) is 0 Å². The zero-order valence-corrected chi connectivity index (χ0v) is 13.2. The number of hydrogen-bond donors (Lipinski definition) is 1. The van der Waals surface area contributed by atoms with Gasteiger partial charge in [0.05, 0.1) is 11.4 Å². The van der Waals surface area contributed by atoms with E-state index in [1.54, 1.807) is 12.1 Å². The molecule has 126 valence electrons. The molecule has 1 saturated carbocycles. The third-order valence-corrected chi connectivity index (χ3v) is 4.32. The third kappa shape index (κ3) is 3.29. The van der Waals surface area contributed by atoms with Gasteiger partial charge in [-0.3, -0.25) is 9.59 Å². The van der Waals surface area contributed by atoms with Crippen LogP contribution in [0.5, 0.6) is 0 Å². The van der Waals surface area contributed by atoms with Crippen molar-refractivity contribution in [3.05, 3.63) is 40.3 Å². The van der Waals surface area contributed by atoms with Gasteiger partial charge >= 0.3 is 0 Å². The molecule has 1 amide bonds. The minimum absolute atomic E-state index is 0.114. The predicted molar refractivity (Wildman–Crippen MR) is 85.3 cm³/mol. The van der Waals surface area contributed by atoms with Crippen molar-refractivity contribution in [3.63, 3.8) is 0 Å². The summed E-state index contributed by atoms with van der Waals surface area (Å²) in [6.07, 6.45) is 5.18. The molecule has 2 aromatic rings. The first-order valence-electron chi connectivity index (χ1n) is 8.07. The normalized spacial score (nSPS) is 15.3. The molecule has 1 heterocycles. The molecule has 7 heteroatoms. The first kappa shape index (κ1) is 16.2. The van der Waals surface area contributed by atoms with Crippen molar-refractivity contribution >= 4 is 22.6 Å². The largest absolute Gasteiger partial charge is 0.543 e. The number of carbonyl (C=O) groups is 2. The second kappa shape index (κ2) is 6.82. The lowest BCUT2D eigenvalue weighted by molar-refractivity contribution is -0.255. The number of carboxylic acid groups (broad SMARTS) is 1. The van der Waals surface area contributed by atoms with Crippen LogP contribution in [0.25, 0.3) is 10.8 Å². The van der Waals surface area contributed by atoms with Crippen LogP contribution in [-0.4, -0.2) is 27.7 Å². The number of fused-ring (bicyclic) bond motifs is 1. The van der Waals surface area contributed by atoms with Crippen LogP contribution >= 0.6 is 0 Å². The minimum atomic E-state index is -1.48. The highest BCUT2D eigenvalue weighted by Gasteiger charge is 2.18. The quantitative estimate of drug-likeness (QED) is 0.864. The van der Waals surface area contributed by atoms with Gasteiger partial charge in [0.15, 0.2) is 0 Å². The highest BCUT2D eigenvalue weighted by molar-refractivity contribution is 6.00. The Hall–Kier alpha value is -2.70. The molecule has 0 saturated heterocycles. The van der Waals surface area contributed by atoms with Crippen molar-refractivity contribution in [2.24, 2.45) is 0 Å². The van der Waals surface area contributed by atoms with E-state index in [9.17, 15) is 19.5 Å². The molecule has 3 rings (SSSR count). The second-order valence-electron chi connectivity index (χ2n) is 6.05. The molecule has 1 fully saturated rings.